The molecule has 4 heteroatoms. The lowest BCUT2D eigenvalue weighted by atomic mass is 9.38. The Morgan fingerprint density at radius 2 is 1.62 bits per heavy atom. The fourth-order valence-corrected chi connectivity index (χ4v) is 9.64. The molecule has 0 aromatic rings. The van der Waals surface area contributed by atoms with E-state index in [-0.39, 0.29) is 33.9 Å². The van der Waals surface area contributed by atoms with Crippen LogP contribution in [0.1, 0.15) is 107 Å². The first-order valence-corrected chi connectivity index (χ1v) is 14.0. The van der Waals surface area contributed by atoms with Crippen molar-refractivity contribution in [3.8, 4) is 0 Å². The van der Waals surface area contributed by atoms with Gasteiger partial charge < -0.3 is 20.4 Å². The van der Waals surface area contributed by atoms with Crippen LogP contribution in [0.15, 0.2) is 11.6 Å². The number of hydrogen-bond donors (Lipinski definition) is 4. The van der Waals surface area contributed by atoms with E-state index in [0.29, 0.717) is 30.1 Å². The van der Waals surface area contributed by atoms with E-state index >= 15 is 0 Å². The Morgan fingerprint density at radius 1 is 0.971 bits per heavy atom. The summed E-state index contributed by atoms with van der Waals surface area (Å²) in [7, 11) is 0. The van der Waals surface area contributed by atoms with Crippen molar-refractivity contribution in [3.63, 3.8) is 0 Å². The Hall–Kier alpha value is -0.420. The van der Waals surface area contributed by atoms with Crippen LogP contribution >= 0.6 is 0 Å². The van der Waals surface area contributed by atoms with E-state index in [9.17, 15) is 20.4 Å². The maximum Gasteiger partial charge on any atom is 0.0849 e. The molecule has 0 bridgehead atoms. The number of allylic oxidation sites excluding steroid dienone is 1. The zero-order valence-electron chi connectivity index (χ0n) is 23.1. The minimum Gasteiger partial charge on any atom is -0.393 e. The van der Waals surface area contributed by atoms with Gasteiger partial charge in [0.05, 0.1) is 23.9 Å². The molecule has 196 valence electrons. The van der Waals surface area contributed by atoms with Gasteiger partial charge in [-0.3, -0.25) is 0 Å². The standard InChI is InChI=1S/C30H52O4/c1-18(9-13-24(32)27(4,5)34)19-15-16-28(6)22-12-10-20-21(11-14-23(31)26(20,2)3)30(22,8)25(33)17-29(19,28)7/h10,18-19,21-25,31-34H,9,11-17H2,1-8H3/t18-,19-,21-,22+,23-,24-,25-,28+,29-,30?/m1/s1. The molecule has 4 rings (SSSR count). The lowest BCUT2D eigenvalue weighted by Crippen LogP contribution is -2.64. The average Bonchev–Trinajstić information content (AvgIpc) is 2.99. The minimum absolute atomic E-state index is 0.0603. The van der Waals surface area contributed by atoms with Crippen molar-refractivity contribution < 1.29 is 20.4 Å². The summed E-state index contributed by atoms with van der Waals surface area (Å²) in [4.78, 5) is 0. The van der Waals surface area contributed by atoms with Crippen LogP contribution in [0.5, 0.6) is 0 Å². The molecule has 1 unspecified atom stereocenters. The van der Waals surface area contributed by atoms with Gasteiger partial charge in [0.15, 0.2) is 0 Å². The molecule has 34 heavy (non-hydrogen) atoms. The van der Waals surface area contributed by atoms with E-state index in [4.69, 9.17) is 0 Å². The molecule has 0 amide bonds. The topological polar surface area (TPSA) is 80.9 Å². The lowest BCUT2D eigenvalue weighted by Gasteiger charge is -2.67. The first-order chi connectivity index (χ1) is 15.5. The summed E-state index contributed by atoms with van der Waals surface area (Å²) in [5, 5.41) is 43.3. The third-order valence-electron chi connectivity index (χ3n) is 12.4. The van der Waals surface area contributed by atoms with Gasteiger partial charge in [-0.05, 0) is 99.7 Å². The predicted octanol–water partition coefficient (Wildman–Crippen LogP) is 5.47. The molecule has 4 nitrogen and oxygen atoms in total. The Morgan fingerprint density at radius 3 is 2.24 bits per heavy atom. The second-order valence-corrected chi connectivity index (χ2v) is 14.6. The summed E-state index contributed by atoms with van der Waals surface area (Å²) in [6, 6.07) is 0. The molecule has 0 aromatic carbocycles. The SMILES string of the molecule is C[C@H](CC[C@@H](O)C(C)(C)O)[C@H]1CC[C@@]2(C)[C@@H]3CC=C4[C@@H](CC[C@@H](O)C4(C)C)C3(C)[C@H](O)C[C@]12C. The zero-order chi connectivity index (χ0) is 25.5. The maximum atomic E-state index is 11.9. The maximum absolute atomic E-state index is 11.9. The molecule has 0 radical (unpaired) electrons. The minimum atomic E-state index is -1.07. The van der Waals surface area contributed by atoms with Crippen molar-refractivity contribution in [2.45, 2.75) is 131 Å². The van der Waals surface area contributed by atoms with E-state index in [1.54, 1.807) is 13.8 Å². The Labute approximate surface area is 208 Å². The summed E-state index contributed by atoms with van der Waals surface area (Å²) >= 11 is 0. The molecular formula is C30H52O4. The van der Waals surface area contributed by atoms with Crippen LogP contribution in [0.2, 0.25) is 0 Å². The van der Waals surface area contributed by atoms with Crippen LogP contribution in [0.4, 0.5) is 0 Å². The molecule has 3 saturated carbocycles. The van der Waals surface area contributed by atoms with Gasteiger partial charge >= 0.3 is 0 Å². The quantitative estimate of drug-likeness (QED) is 0.397. The van der Waals surface area contributed by atoms with Crippen molar-refractivity contribution >= 4 is 0 Å². The molecular weight excluding hydrogens is 424 g/mol. The van der Waals surface area contributed by atoms with Crippen molar-refractivity contribution in [2.24, 2.45) is 45.3 Å². The van der Waals surface area contributed by atoms with E-state index in [2.05, 4.69) is 47.6 Å². The van der Waals surface area contributed by atoms with Crippen LogP contribution in [-0.4, -0.2) is 44.3 Å². The fourth-order valence-electron chi connectivity index (χ4n) is 9.64. The van der Waals surface area contributed by atoms with Crippen LogP contribution in [0.3, 0.4) is 0 Å². The van der Waals surface area contributed by atoms with Gasteiger partial charge in [-0.15, -0.1) is 0 Å². The molecule has 4 aliphatic rings. The van der Waals surface area contributed by atoms with E-state index < -0.39 is 11.7 Å². The first kappa shape index (κ1) is 26.6. The second-order valence-electron chi connectivity index (χ2n) is 14.6. The van der Waals surface area contributed by atoms with Gasteiger partial charge in [0.2, 0.25) is 0 Å². The highest BCUT2D eigenvalue weighted by Crippen LogP contribution is 2.74. The molecule has 0 saturated heterocycles. The van der Waals surface area contributed by atoms with Gasteiger partial charge in [0.1, 0.15) is 0 Å². The van der Waals surface area contributed by atoms with Crippen molar-refractivity contribution in [3.05, 3.63) is 11.6 Å². The van der Waals surface area contributed by atoms with E-state index in [1.165, 1.54) is 18.4 Å². The third kappa shape index (κ3) is 3.60. The molecule has 0 aromatic heterocycles. The summed E-state index contributed by atoms with van der Waals surface area (Å²) in [6.45, 7) is 17.4. The van der Waals surface area contributed by atoms with Crippen molar-refractivity contribution in [1.82, 2.24) is 0 Å². The van der Waals surface area contributed by atoms with Crippen LogP contribution in [0, 0.1) is 45.3 Å². The van der Waals surface area contributed by atoms with Crippen molar-refractivity contribution in [2.75, 3.05) is 0 Å². The van der Waals surface area contributed by atoms with Crippen LogP contribution in [-0.2, 0) is 0 Å². The summed E-state index contributed by atoms with van der Waals surface area (Å²) < 4.78 is 0. The summed E-state index contributed by atoms with van der Waals surface area (Å²) in [5.41, 5.74) is 0.184. The number of fused-ring (bicyclic) bond motifs is 5. The van der Waals surface area contributed by atoms with Gasteiger partial charge in [-0.25, -0.2) is 0 Å². The predicted molar refractivity (Wildman–Crippen MR) is 137 cm³/mol. The summed E-state index contributed by atoms with van der Waals surface area (Å²) in [5.74, 6) is 1.74. The highest BCUT2D eigenvalue weighted by atomic mass is 16.3. The van der Waals surface area contributed by atoms with E-state index in [0.717, 1.165) is 32.1 Å². The molecule has 0 spiro atoms. The summed E-state index contributed by atoms with van der Waals surface area (Å²) in [6.07, 6.45) is 8.64. The van der Waals surface area contributed by atoms with Gasteiger partial charge in [0.25, 0.3) is 0 Å². The average molecular weight is 477 g/mol. The fraction of sp³-hybridized carbons (Fsp3) is 0.933. The smallest absolute Gasteiger partial charge is 0.0849 e. The van der Waals surface area contributed by atoms with Gasteiger partial charge in [-0.1, -0.05) is 53.2 Å². The Bertz CT molecular complexity index is 811. The highest BCUT2D eigenvalue weighted by molar-refractivity contribution is 5.31. The van der Waals surface area contributed by atoms with Crippen LogP contribution in [0.25, 0.3) is 0 Å². The number of aliphatic hydroxyl groups excluding tert-OH is 3. The number of aliphatic hydroxyl groups is 4. The molecule has 0 heterocycles. The zero-order valence-corrected chi connectivity index (χ0v) is 23.1. The highest BCUT2D eigenvalue weighted by Gasteiger charge is 2.70. The number of rotatable bonds is 5. The monoisotopic (exact) mass is 476 g/mol. The lowest BCUT2D eigenvalue weighted by molar-refractivity contribution is -0.204. The van der Waals surface area contributed by atoms with E-state index in [1.807, 2.05) is 0 Å². The second kappa shape index (κ2) is 8.30. The normalized spacial score (nSPS) is 47.8. The van der Waals surface area contributed by atoms with Crippen LogP contribution < -0.4 is 0 Å². The van der Waals surface area contributed by atoms with Crippen molar-refractivity contribution in [1.29, 1.82) is 0 Å². The third-order valence-corrected chi connectivity index (χ3v) is 12.4. The Balaban J connectivity index is 1.63. The molecule has 0 aliphatic heterocycles. The van der Waals surface area contributed by atoms with Gasteiger partial charge in [-0.2, -0.15) is 0 Å². The molecule has 10 atom stereocenters. The Kier molecular flexibility index (Phi) is 6.50. The molecule has 3 fully saturated rings. The molecule has 4 aliphatic carbocycles. The molecule has 4 N–H and O–H groups in total. The number of hydrogen-bond acceptors (Lipinski definition) is 4. The first-order valence-electron chi connectivity index (χ1n) is 14.0. The largest absolute Gasteiger partial charge is 0.393 e. The van der Waals surface area contributed by atoms with Gasteiger partial charge in [0, 0.05) is 10.8 Å².